The van der Waals surface area contributed by atoms with Crippen LogP contribution >= 0.6 is 0 Å². The Morgan fingerprint density at radius 3 is 2.81 bits per heavy atom. The molecule has 0 aliphatic carbocycles. The van der Waals surface area contributed by atoms with E-state index in [0.29, 0.717) is 29.1 Å². The van der Waals surface area contributed by atoms with Crippen molar-refractivity contribution >= 4 is 11.6 Å². The van der Waals surface area contributed by atoms with Gasteiger partial charge in [-0.25, -0.2) is 0 Å². The van der Waals surface area contributed by atoms with Gasteiger partial charge in [0, 0.05) is 36.9 Å². The SMILES string of the molecule is COc1cc(N)ccc1C(=O)N1CCC2CCC(C1)N2C. The highest BCUT2D eigenvalue weighted by Crippen LogP contribution is 2.30. The second-order valence-electron chi connectivity index (χ2n) is 6.05. The molecule has 0 radical (unpaired) electrons. The molecule has 2 heterocycles. The van der Waals surface area contributed by atoms with Crippen LogP contribution in [-0.2, 0) is 0 Å². The van der Waals surface area contributed by atoms with Crippen LogP contribution in [0.3, 0.4) is 0 Å². The van der Waals surface area contributed by atoms with Crippen LogP contribution in [0.4, 0.5) is 5.69 Å². The number of nitrogens with two attached hydrogens (primary N) is 1. The van der Waals surface area contributed by atoms with Gasteiger partial charge in [0.05, 0.1) is 12.7 Å². The number of likely N-dealkylation sites (tertiary alicyclic amines) is 1. The highest BCUT2D eigenvalue weighted by Gasteiger charge is 2.36. The maximum atomic E-state index is 12.8. The molecular formula is C16H23N3O2. The molecule has 3 rings (SSSR count). The number of likely N-dealkylation sites (N-methyl/N-ethyl adjacent to an activating group) is 1. The summed E-state index contributed by atoms with van der Waals surface area (Å²) in [7, 11) is 3.75. The van der Waals surface area contributed by atoms with Crippen LogP contribution in [0.2, 0.25) is 0 Å². The number of benzene rings is 1. The van der Waals surface area contributed by atoms with Crippen LogP contribution in [0.25, 0.3) is 0 Å². The molecule has 0 aromatic heterocycles. The van der Waals surface area contributed by atoms with Crippen molar-refractivity contribution in [3.63, 3.8) is 0 Å². The van der Waals surface area contributed by atoms with Crippen molar-refractivity contribution in [2.75, 3.05) is 33.0 Å². The number of amides is 1. The van der Waals surface area contributed by atoms with Crippen molar-refractivity contribution in [2.45, 2.75) is 31.3 Å². The van der Waals surface area contributed by atoms with Crippen molar-refractivity contribution in [2.24, 2.45) is 0 Å². The Balaban J connectivity index is 1.82. The van der Waals surface area contributed by atoms with Gasteiger partial charge < -0.3 is 15.4 Å². The molecule has 2 saturated heterocycles. The summed E-state index contributed by atoms with van der Waals surface area (Å²) >= 11 is 0. The maximum absolute atomic E-state index is 12.8. The molecule has 1 amide bonds. The number of hydrogen-bond acceptors (Lipinski definition) is 4. The second-order valence-corrected chi connectivity index (χ2v) is 6.05. The highest BCUT2D eigenvalue weighted by atomic mass is 16.5. The zero-order valence-electron chi connectivity index (χ0n) is 12.7. The van der Waals surface area contributed by atoms with E-state index in [9.17, 15) is 4.79 Å². The molecule has 2 bridgehead atoms. The summed E-state index contributed by atoms with van der Waals surface area (Å²) in [6.07, 6.45) is 3.49. The van der Waals surface area contributed by atoms with E-state index in [1.54, 1.807) is 25.3 Å². The van der Waals surface area contributed by atoms with Gasteiger partial charge in [-0.1, -0.05) is 0 Å². The first-order valence-corrected chi connectivity index (χ1v) is 7.55. The third-order valence-electron chi connectivity index (χ3n) is 4.89. The minimum atomic E-state index is 0.0489. The van der Waals surface area contributed by atoms with Crippen LogP contribution in [0, 0.1) is 0 Å². The number of methoxy groups -OCH3 is 1. The molecule has 1 aromatic rings. The van der Waals surface area contributed by atoms with Crippen LogP contribution in [0.1, 0.15) is 29.6 Å². The van der Waals surface area contributed by atoms with Crippen molar-refractivity contribution in [1.82, 2.24) is 9.80 Å². The predicted molar refractivity (Wildman–Crippen MR) is 82.5 cm³/mol. The topological polar surface area (TPSA) is 58.8 Å². The number of ether oxygens (including phenoxy) is 1. The Hall–Kier alpha value is -1.75. The molecule has 21 heavy (non-hydrogen) atoms. The zero-order chi connectivity index (χ0) is 15.0. The molecule has 0 saturated carbocycles. The molecule has 2 N–H and O–H groups in total. The monoisotopic (exact) mass is 289 g/mol. The molecule has 2 unspecified atom stereocenters. The Kier molecular flexibility index (Phi) is 3.76. The van der Waals surface area contributed by atoms with Crippen molar-refractivity contribution in [1.29, 1.82) is 0 Å². The number of anilines is 1. The van der Waals surface area contributed by atoms with Crippen molar-refractivity contribution in [3.8, 4) is 5.75 Å². The summed E-state index contributed by atoms with van der Waals surface area (Å²) in [5.41, 5.74) is 6.98. The van der Waals surface area contributed by atoms with Crippen molar-refractivity contribution < 1.29 is 9.53 Å². The van der Waals surface area contributed by atoms with Crippen LogP contribution < -0.4 is 10.5 Å². The first-order chi connectivity index (χ1) is 10.1. The zero-order valence-corrected chi connectivity index (χ0v) is 12.7. The summed E-state index contributed by atoms with van der Waals surface area (Å²) in [5, 5.41) is 0. The summed E-state index contributed by atoms with van der Waals surface area (Å²) < 4.78 is 5.31. The van der Waals surface area contributed by atoms with E-state index < -0.39 is 0 Å². The van der Waals surface area contributed by atoms with E-state index >= 15 is 0 Å². The Bertz CT molecular complexity index is 546. The van der Waals surface area contributed by atoms with E-state index in [1.165, 1.54) is 12.8 Å². The third kappa shape index (κ3) is 2.58. The first kappa shape index (κ1) is 14.2. The lowest BCUT2D eigenvalue weighted by Crippen LogP contribution is -2.39. The van der Waals surface area contributed by atoms with Crippen molar-refractivity contribution in [3.05, 3.63) is 23.8 Å². The second kappa shape index (κ2) is 5.56. The average Bonchev–Trinajstić information content (AvgIpc) is 2.71. The van der Waals surface area contributed by atoms with Gasteiger partial charge >= 0.3 is 0 Å². The fourth-order valence-electron chi connectivity index (χ4n) is 3.55. The highest BCUT2D eigenvalue weighted by molar-refractivity contribution is 5.97. The molecule has 0 spiro atoms. The Morgan fingerprint density at radius 1 is 1.29 bits per heavy atom. The van der Waals surface area contributed by atoms with Gasteiger partial charge in [0.25, 0.3) is 5.91 Å². The Labute approximate surface area is 125 Å². The molecule has 2 fully saturated rings. The van der Waals surface area contributed by atoms with Gasteiger partial charge in [0.2, 0.25) is 0 Å². The van der Waals surface area contributed by atoms with Gasteiger partial charge in [0.1, 0.15) is 5.75 Å². The predicted octanol–water partition coefficient (Wildman–Crippen LogP) is 1.59. The quantitative estimate of drug-likeness (QED) is 0.840. The Morgan fingerprint density at radius 2 is 2.05 bits per heavy atom. The van der Waals surface area contributed by atoms with Crippen LogP contribution in [-0.4, -0.2) is 55.0 Å². The van der Waals surface area contributed by atoms with Gasteiger partial charge in [-0.05, 0) is 38.4 Å². The molecule has 5 nitrogen and oxygen atoms in total. The third-order valence-corrected chi connectivity index (χ3v) is 4.89. The standard InChI is InChI=1S/C16H23N3O2/c1-18-12-4-5-13(18)10-19(8-7-12)16(20)14-6-3-11(17)9-15(14)21-2/h3,6,9,12-13H,4-5,7-8,10,17H2,1-2H3. The number of fused-ring (bicyclic) bond motifs is 2. The van der Waals surface area contributed by atoms with Gasteiger partial charge in [-0.15, -0.1) is 0 Å². The molecule has 2 aliphatic rings. The van der Waals surface area contributed by atoms with E-state index in [-0.39, 0.29) is 5.91 Å². The summed E-state index contributed by atoms with van der Waals surface area (Å²) in [6, 6.07) is 6.35. The minimum absolute atomic E-state index is 0.0489. The molecule has 2 atom stereocenters. The molecule has 5 heteroatoms. The van der Waals surface area contributed by atoms with E-state index in [4.69, 9.17) is 10.5 Å². The molecule has 114 valence electrons. The number of rotatable bonds is 2. The minimum Gasteiger partial charge on any atom is -0.496 e. The number of carbonyl (C=O) groups excluding carboxylic acids is 1. The molecule has 1 aromatic carbocycles. The maximum Gasteiger partial charge on any atom is 0.257 e. The molecule has 2 aliphatic heterocycles. The lowest BCUT2D eigenvalue weighted by Gasteiger charge is -2.26. The van der Waals surface area contributed by atoms with Crippen LogP contribution in [0.5, 0.6) is 5.75 Å². The molecular weight excluding hydrogens is 266 g/mol. The lowest BCUT2D eigenvalue weighted by atomic mass is 10.1. The van der Waals surface area contributed by atoms with Crippen LogP contribution in [0.15, 0.2) is 18.2 Å². The number of nitrogen functional groups attached to an aromatic ring is 1. The number of carbonyl (C=O) groups is 1. The van der Waals surface area contributed by atoms with E-state index in [2.05, 4.69) is 11.9 Å². The van der Waals surface area contributed by atoms with Gasteiger partial charge in [-0.2, -0.15) is 0 Å². The fourth-order valence-corrected chi connectivity index (χ4v) is 3.55. The van der Waals surface area contributed by atoms with E-state index in [1.807, 2.05) is 4.90 Å². The van der Waals surface area contributed by atoms with Gasteiger partial charge in [-0.3, -0.25) is 9.69 Å². The smallest absolute Gasteiger partial charge is 0.257 e. The van der Waals surface area contributed by atoms with E-state index in [0.717, 1.165) is 19.5 Å². The summed E-state index contributed by atoms with van der Waals surface area (Å²) in [5.74, 6) is 0.607. The average molecular weight is 289 g/mol. The number of hydrogen-bond donors (Lipinski definition) is 1. The number of nitrogens with zero attached hydrogens (tertiary/aromatic N) is 2. The normalized spacial score (nSPS) is 25.7. The largest absolute Gasteiger partial charge is 0.496 e. The first-order valence-electron chi connectivity index (χ1n) is 7.55. The fraction of sp³-hybridized carbons (Fsp3) is 0.562. The lowest BCUT2D eigenvalue weighted by molar-refractivity contribution is 0.0737. The summed E-state index contributed by atoms with van der Waals surface area (Å²) in [6.45, 7) is 1.62. The van der Waals surface area contributed by atoms with Gasteiger partial charge in [0.15, 0.2) is 0 Å². The summed E-state index contributed by atoms with van der Waals surface area (Å²) in [4.78, 5) is 17.2.